The summed E-state index contributed by atoms with van der Waals surface area (Å²) in [5.74, 6) is 1.85. The molecule has 0 saturated carbocycles. The van der Waals surface area contributed by atoms with Crippen molar-refractivity contribution in [1.29, 1.82) is 0 Å². The summed E-state index contributed by atoms with van der Waals surface area (Å²) in [6, 6.07) is 4.36. The Morgan fingerprint density at radius 3 is 2.72 bits per heavy atom. The van der Waals surface area contributed by atoms with E-state index >= 15 is 0 Å². The van der Waals surface area contributed by atoms with Gasteiger partial charge in [0.15, 0.2) is 5.96 Å². The lowest BCUT2D eigenvalue weighted by molar-refractivity contribution is 0.255. The van der Waals surface area contributed by atoms with Gasteiger partial charge in [-0.3, -0.25) is 4.99 Å². The van der Waals surface area contributed by atoms with Crippen LogP contribution in [0.4, 0.5) is 0 Å². The fourth-order valence-electron chi connectivity index (χ4n) is 3.46. The van der Waals surface area contributed by atoms with E-state index in [1.165, 1.54) is 17.8 Å². The zero-order valence-corrected chi connectivity index (χ0v) is 17.5. The largest absolute Gasteiger partial charge is 0.357 e. The standard InChI is InChI=1S/C20H36N4S/c1-6-21-19(22-16-20(4,5)18-10-9-13-25-18)24-12-11-17(15-24)14-23(7-2)8-3/h9-10,13,17H,6-8,11-12,14-16H2,1-5H3,(H,21,22). The average Bonchev–Trinajstić information content (AvgIpc) is 3.28. The van der Waals surface area contributed by atoms with Crippen molar-refractivity contribution in [3.05, 3.63) is 22.4 Å². The molecular formula is C20H36N4S. The highest BCUT2D eigenvalue weighted by atomic mass is 32.1. The van der Waals surface area contributed by atoms with E-state index in [1.807, 2.05) is 11.3 Å². The Kier molecular flexibility index (Phi) is 7.76. The zero-order chi connectivity index (χ0) is 18.3. The molecule has 0 aromatic carbocycles. The molecule has 142 valence electrons. The summed E-state index contributed by atoms with van der Waals surface area (Å²) in [5, 5.41) is 5.67. The second-order valence-corrected chi connectivity index (χ2v) is 8.57. The summed E-state index contributed by atoms with van der Waals surface area (Å²) in [7, 11) is 0. The molecule has 1 unspecified atom stereocenters. The van der Waals surface area contributed by atoms with Gasteiger partial charge < -0.3 is 15.1 Å². The van der Waals surface area contributed by atoms with Gasteiger partial charge in [-0.2, -0.15) is 0 Å². The van der Waals surface area contributed by atoms with E-state index in [9.17, 15) is 0 Å². The van der Waals surface area contributed by atoms with E-state index in [-0.39, 0.29) is 5.41 Å². The van der Waals surface area contributed by atoms with Gasteiger partial charge in [-0.1, -0.05) is 33.8 Å². The first-order chi connectivity index (χ1) is 12.0. The molecule has 1 aliphatic rings. The highest BCUT2D eigenvalue weighted by Crippen LogP contribution is 2.28. The van der Waals surface area contributed by atoms with E-state index < -0.39 is 0 Å². The SMILES string of the molecule is CCNC(=NCC(C)(C)c1cccs1)N1CCC(CN(CC)CC)C1. The van der Waals surface area contributed by atoms with Crippen LogP contribution in [0.1, 0.15) is 45.9 Å². The van der Waals surface area contributed by atoms with Crippen molar-refractivity contribution in [1.82, 2.24) is 15.1 Å². The maximum atomic E-state index is 5.00. The van der Waals surface area contributed by atoms with Gasteiger partial charge in [-0.15, -0.1) is 11.3 Å². The van der Waals surface area contributed by atoms with Gasteiger partial charge in [-0.05, 0) is 43.8 Å². The Morgan fingerprint density at radius 1 is 1.36 bits per heavy atom. The van der Waals surface area contributed by atoms with Crippen LogP contribution in [-0.4, -0.2) is 61.6 Å². The third kappa shape index (κ3) is 5.71. The lowest BCUT2D eigenvalue weighted by Gasteiger charge is -2.26. The summed E-state index contributed by atoms with van der Waals surface area (Å²) in [6.07, 6.45) is 1.27. The molecule has 2 rings (SSSR count). The Hall–Kier alpha value is -1.07. The molecule has 1 fully saturated rings. The molecule has 5 heteroatoms. The molecule has 0 radical (unpaired) electrons. The highest BCUT2D eigenvalue weighted by Gasteiger charge is 2.27. The van der Waals surface area contributed by atoms with Gasteiger partial charge in [0.05, 0.1) is 6.54 Å². The number of thiophene rings is 1. The lowest BCUT2D eigenvalue weighted by Crippen LogP contribution is -2.41. The number of likely N-dealkylation sites (tertiary alicyclic amines) is 1. The highest BCUT2D eigenvalue weighted by molar-refractivity contribution is 7.10. The number of hydrogen-bond donors (Lipinski definition) is 1. The van der Waals surface area contributed by atoms with Crippen molar-refractivity contribution in [3.8, 4) is 0 Å². The molecule has 1 saturated heterocycles. The van der Waals surface area contributed by atoms with E-state index in [2.05, 4.69) is 67.2 Å². The van der Waals surface area contributed by atoms with E-state index in [0.717, 1.165) is 51.1 Å². The van der Waals surface area contributed by atoms with Crippen LogP contribution in [-0.2, 0) is 5.41 Å². The summed E-state index contributed by atoms with van der Waals surface area (Å²) in [4.78, 5) is 11.4. The quantitative estimate of drug-likeness (QED) is 0.564. The Morgan fingerprint density at radius 2 is 2.12 bits per heavy atom. The first-order valence-electron chi connectivity index (χ1n) is 9.79. The Labute approximate surface area is 158 Å². The van der Waals surface area contributed by atoms with Crippen LogP contribution in [0.3, 0.4) is 0 Å². The zero-order valence-electron chi connectivity index (χ0n) is 16.7. The second kappa shape index (κ2) is 9.58. The van der Waals surface area contributed by atoms with Gasteiger partial charge in [-0.25, -0.2) is 0 Å². The first-order valence-corrected chi connectivity index (χ1v) is 10.7. The molecule has 0 bridgehead atoms. The molecule has 1 aliphatic heterocycles. The van der Waals surface area contributed by atoms with E-state index in [4.69, 9.17) is 4.99 Å². The number of rotatable bonds is 8. The van der Waals surface area contributed by atoms with Crippen LogP contribution >= 0.6 is 11.3 Å². The van der Waals surface area contributed by atoms with Crippen LogP contribution < -0.4 is 5.32 Å². The van der Waals surface area contributed by atoms with Crippen molar-refractivity contribution in [2.24, 2.45) is 10.9 Å². The van der Waals surface area contributed by atoms with Crippen molar-refractivity contribution in [2.45, 2.75) is 46.5 Å². The smallest absolute Gasteiger partial charge is 0.193 e. The Bertz CT molecular complexity index is 520. The minimum absolute atomic E-state index is 0.0924. The van der Waals surface area contributed by atoms with Crippen LogP contribution in [0.2, 0.25) is 0 Å². The predicted octanol–water partition coefficient (Wildman–Crippen LogP) is 3.65. The molecule has 4 nitrogen and oxygen atoms in total. The van der Waals surface area contributed by atoms with Gasteiger partial charge in [0, 0.05) is 36.5 Å². The topological polar surface area (TPSA) is 30.9 Å². The second-order valence-electron chi connectivity index (χ2n) is 7.62. The third-order valence-electron chi connectivity index (χ3n) is 5.14. The van der Waals surface area contributed by atoms with Crippen LogP contribution in [0, 0.1) is 5.92 Å². The van der Waals surface area contributed by atoms with Crippen molar-refractivity contribution >= 4 is 17.3 Å². The molecular weight excluding hydrogens is 328 g/mol. The molecule has 1 aromatic rings. The van der Waals surface area contributed by atoms with Gasteiger partial charge >= 0.3 is 0 Å². The lowest BCUT2D eigenvalue weighted by atomic mass is 9.92. The van der Waals surface area contributed by atoms with Crippen molar-refractivity contribution in [2.75, 3.05) is 45.8 Å². The molecule has 0 spiro atoms. The van der Waals surface area contributed by atoms with Crippen LogP contribution in [0.25, 0.3) is 0 Å². The summed E-state index contributed by atoms with van der Waals surface area (Å²) >= 11 is 1.83. The predicted molar refractivity (Wildman–Crippen MR) is 111 cm³/mol. The third-order valence-corrected chi connectivity index (χ3v) is 6.38. The monoisotopic (exact) mass is 364 g/mol. The van der Waals surface area contributed by atoms with Crippen LogP contribution in [0.15, 0.2) is 22.5 Å². The first kappa shape index (κ1) is 20.2. The summed E-state index contributed by atoms with van der Waals surface area (Å²) in [6.45, 7) is 18.8. The molecule has 2 heterocycles. The molecule has 1 atom stereocenters. The van der Waals surface area contributed by atoms with Gasteiger partial charge in [0.2, 0.25) is 0 Å². The maximum Gasteiger partial charge on any atom is 0.193 e. The van der Waals surface area contributed by atoms with Crippen LogP contribution in [0.5, 0.6) is 0 Å². The number of guanidine groups is 1. The fraction of sp³-hybridized carbons (Fsp3) is 0.750. The number of aliphatic imine (C=N–C) groups is 1. The molecule has 0 amide bonds. The summed E-state index contributed by atoms with van der Waals surface area (Å²) < 4.78 is 0. The molecule has 25 heavy (non-hydrogen) atoms. The number of nitrogens with zero attached hydrogens (tertiary/aromatic N) is 3. The number of hydrogen-bond acceptors (Lipinski definition) is 3. The molecule has 1 N–H and O–H groups in total. The Balaban J connectivity index is 1.98. The van der Waals surface area contributed by atoms with E-state index in [1.54, 1.807) is 0 Å². The van der Waals surface area contributed by atoms with Crippen molar-refractivity contribution in [3.63, 3.8) is 0 Å². The summed E-state index contributed by atoms with van der Waals surface area (Å²) in [5.41, 5.74) is 0.0924. The molecule has 0 aliphatic carbocycles. The minimum Gasteiger partial charge on any atom is -0.357 e. The maximum absolute atomic E-state index is 5.00. The fourth-order valence-corrected chi connectivity index (χ4v) is 4.31. The minimum atomic E-state index is 0.0924. The normalized spacial score (nSPS) is 19.0. The number of nitrogens with one attached hydrogen (secondary N) is 1. The molecule has 1 aromatic heterocycles. The van der Waals surface area contributed by atoms with Gasteiger partial charge in [0.25, 0.3) is 0 Å². The van der Waals surface area contributed by atoms with Crippen molar-refractivity contribution < 1.29 is 0 Å². The van der Waals surface area contributed by atoms with Gasteiger partial charge in [0.1, 0.15) is 0 Å². The average molecular weight is 365 g/mol. The van der Waals surface area contributed by atoms with E-state index in [0.29, 0.717) is 0 Å².